The van der Waals surface area contributed by atoms with Crippen molar-refractivity contribution in [1.29, 1.82) is 0 Å². The van der Waals surface area contributed by atoms with E-state index in [4.69, 9.17) is 5.73 Å². The molecule has 1 aliphatic carbocycles. The number of fused-ring (bicyclic) bond motifs is 1. The topological polar surface area (TPSA) is 75.4 Å². The monoisotopic (exact) mass is 339 g/mol. The van der Waals surface area contributed by atoms with Crippen LogP contribution in [0.2, 0.25) is 0 Å². The highest BCUT2D eigenvalue weighted by atomic mass is 35.5. The van der Waals surface area contributed by atoms with Crippen LogP contribution < -0.4 is 11.1 Å². The summed E-state index contributed by atoms with van der Waals surface area (Å²) >= 11 is 0. The van der Waals surface area contributed by atoms with E-state index in [0.29, 0.717) is 0 Å². The van der Waals surface area contributed by atoms with Crippen LogP contribution >= 0.6 is 12.4 Å². The molecule has 0 aromatic heterocycles. The van der Waals surface area contributed by atoms with Crippen LogP contribution in [-0.4, -0.2) is 42.4 Å². The van der Waals surface area contributed by atoms with Gasteiger partial charge in [-0.1, -0.05) is 38.1 Å². The van der Waals surface area contributed by atoms with Gasteiger partial charge in [-0.15, -0.1) is 12.4 Å². The van der Waals surface area contributed by atoms with Crippen LogP contribution in [0, 0.1) is 5.92 Å². The van der Waals surface area contributed by atoms with E-state index in [2.05, 4.69) is 17.4 Å². The molecule has 0 bridgehead atoms. The molecule has 1 aromatic carbocycles. The summed E-state index contributed by atoms with van der Waals surface area (Å²) in [5.41, 5.74) is 8.37. The maximum Gasteiger partial charge on any atom is 0.241 e. The van der Waals surface area contributed by atoms with Crippen LogP contribution in [0.3, 0.4) is 0 Å². The van der Waals surface area contributed by atoms with E-state index in [1.54, 1.807) is 11.9 Å². The molecule has 2 amide bonds. The van der Waals surface area contributed by atoms with E-state index in [-0.39, 0.29) is 42.7 Å². The van der Waals surface area contributed by atoms with E-state index in [0.717, 1.165) is 12.8 Å². The Bertz CT molecular complexity index is 538. The third-order valence-corrected chi connectivity index (χ3v) is 4.41. The Morgan fingerprint density at radius 1 is 1.26 bits per heavy atom. The molecule has 6 heteroatoms. The van der Waals surface area contributed by atoms with Crippen molar-refractivity contribution in [1.82, 2.24) is 10.2 Å². The highest BCUT2D eigenvalue weighted by Crippen LogP contribution is 2.24. The maximum absolute atomic E-state index is 12.2. The number of nitrogens with zero attached hydrogens (tertiary/aromatic N) is 1. The second-order valence-corrected chi connectivity index (χ2v) is 6.32. The van der Waals surface area contributed by atoms with Gasteiger partial charge in [0, 0.05) is 13.1 Å². The molecule has 0 radical (unpaired) electrons. The third kappa shape index (κ3) is 4.69. The summed E-state index contributed by atoms with van der Waals surface area (Å²) in [6.45, 7) is 3.77. The number of rotatable bonds is 5. The lowest BCUT2D eigenvalue weighted by Crippen LogP contribution is -2.49. The molecule has 0 spiro atoms. The quantitative estimate of drug-likeness (QED) is 0.844. The van der Waals surface area contributed by atoms with Crippen LogP contribution in [0.4, 0.5) is 0 Å². The average molecular weight is 340 g/mol. The Kier molecular flexibility index (Phi) is 7.03. The van der Waals surface area contributed by atoms with Crippen molar-refractivity contribution >= 4 is 24.2 Å². The first-order valence-corrected chi connectivity index (χ1v) is 7.76. The zero-order valence-electron chi connectivity index (χ0n) is 13.9. The zero-order valence-corrected chi connectivity index (χ0v) is 14.7. The van der Waals surface area contributed by atoms with Crippen molar-refractivity contribution in [3.63, 3.8) is 0 Å². The summed E-state index contributed by atoms with van der Waals surface area (Å²) in [5, 5.41) is 2.63. The SMILES string of the molecule is CC(C)[C@H](N)C(=O)NCC(=O)N(C)C1Cc2ccccc2C1.Cl. The summed E-state index contributed by atoms with van der Waals surface area (Å²) in [6, 6.07) is 7.86. The number of carbonyl (C=O) groups is 2. The Morgan fingerprint density at radius 2 is 1.78 bits per heavy atom. The first-order chi connectivity index (χ1) is 10.4. The van der Waals surface area contributed by atoms with Gasteiger partial charge in [-0.05, 0) is 29.9 Å². The predicted molar refractivity (Wildman–Crippen MR) is 93.5 cm³/mol. The number of nitrogens with two attached hydrogens (primary N) is 1. The van der Waals surface area contributed by atoms with Gasteiger partial charge in [-0.25, -0.2) is 0 Å². The molecule has 3 N–H and O–H groups in total. The molecular formula is C17H26ClN3O2. The summed E-state index contributed by atoms with van der Waals surface area (Å²) < 4.78 is 0. The number of likely N-dealkylation sites (N-methyl/N-ethyl adjacent to an activating group) is 1. The molecule has 128 valence electrons. The molecular weight excluding hydrogens is 314 g/mol. The number of carbonyl (C=O) groups excluding carboxylic acids is 2. The number of amides is 2. The van der Waals surface area contributed by atoms with Crippen molar-refractivity contribution in [2.24, 2.45) is 11.7 Å². The van der Waals surface area contributed by atoms with Gasteiger partial charge in [-0.2, -0.15) is 0 Å². The number of hydrogen-bond acceptors (Lipinski definition) is 3. The summed E-state index contributed by atoms with van der Waals surface area (Å²) in [6.07, 6.45) is 1.75. The minimum Gasteiger partial charge on any atom is -0.346 e. The number of halogens is 1. The van der Waals surface area contributed by atoms with E-state index in [9.17, 15) is 9.59 Å². The van der Waals surface area contributed by atoms with Crippen LogP contribution in [-0.2, 0) is 22.4 Å². The lowest BCUT2D eigenvalue weighted by Gasteiger charge is -2.25. The summed E-state index contributed by atoms with van der Waals surface area (Å²) in [5.74, 6) is -0.300. The van der Waals surface area contributed by atoms with Gasteiger partial charge < -0.3 is 16.0 Å². The average Bonchev–Trinajstić information content (AvgIpc) is 2.94. The summed E-state index contributed by atoms with van der Waals surface area (Å²) in [7, 11) is 1.80. The molecule has 0 saturated carbocycles. The zero-order chi connectivity index (χ0) is 16.3. The van der Waals surface area contributed by atoms with Gasteiger partial charge in [0.15, 0.2) is 0 Å². The van der Waals surface area contributed by atoms with Crippen molar-refractivity contribution in [2.45, 2.75) is 38.8 Å². The van der Waals surface area contributed by atoms with Crippen molar-refractivity contribution < 1.29 is 9.59 Å². The highest BCUT2D eigenvalue weighted by Gasteiger charge is 2.27. The van der Waals surface area contributed by atoms with Crippen LogP contribution in [0.25, 0.3) is 0 Å². The molecule has 1 atom stereocenters. The molecule has 23 heavy (non-hydrogen) atoms. The van der Waals surface area contributed by atoms with Crippen molar-refractivity contribution in [3.8, 4) is 0 Å². The fourth-order valence-electron chi connectivity index (χ4n) is 2.72. The number of hydrogen-bond donors (Lipinski definition) is 2. The smallest absolute Gasteiger partial charge is 0.241 e. The fourth-order valence-corrected chi connectivity index (χ4v) is 2.72. The Balaban J connectivity index is 0.00000264. The Hall–Kier alpha value is -1.59. The van der Waals surface area contributed by atoms with Gasteiger partial charge in [0.25, 0.3) is 0 Å². The van der Waals surface area contributed by atoms with Gasteiger partial charge in [0.2, 0.25) is 11.8 Å². The second kappa shape index (κ2) is 8.31. The van der Waals surface area contributed by atoms with Crippen LogP contribution in [0.15, 0.2) is 24.3 Å². The molecule has 0 heterocycles. The molecule has 0 unspecified atom stereocenters. The van der Waals surface area contributed by atoms with E-state index < -0.39 is 6.04 Å². The summed E-state index contributed by atoms with van der Waals surface area (Å²) in [4.78, 5) is 25.8. The fraction of sp³-hybridized carbons (Fsp3) is 0.529. The van der Waals surface area contributed by atoms with Gasteiger partial charge in [-0.3, -0.25) is 9.59 Å². The van der Waals surface area contributed by atoms with Crippen LogP contribution in [0.5, 0.6) is 0 Å². The minimum atomic E-state index is -0.575. The lowest BCUT2D eigenvalue weighted by atomic mass is 10.1. The number of nitrogens with one attached hydrogen (secondary N) is 1. The first-order valence-electron chi connectivity index (χ1n) is 7.76. The first kappa shape index (κ1) is 19.5. The number of benzene rings is 1. The van der Waals surface area contributed by atoms with E-state index >= 15 is 0 Å². The van der Waals surface area contributed by atoms with Crippen LogP contribution in [0.1, 0.15) is 25.0 Å². The molecule has 1 aliphatic rings. The molecule has 2 rings (SSSR count). The molecule has 1 aromatic rings. The van der Waals surface area contributed by atoms with E-state index in [1.807, 2.05) is 26.0 Å². The third-order valence-electron chi connectivity index (χ3n) is 4.41. The maximum atomic E-state index is 12.2. The normalized spacial score (nSPS) is 14.8. The van der Waals surface area contributed by atoms with Crippen molar-refractivity contribution in [2.75, 3.05) is 13.6 Å². The van der Waals surface area contributed by atoms with Gasteiger partial charge >= 0.3 is 0 Å². The Labute approximate surface area is 144 Å². The Morgan fingerprint density at radius 3 is 2.26 bits per heavy atom. The molecule has 0 saturated heterocycles. The highest BCUT2D eigenvalue weighted by molar-refractivity contribution is 5.87. The van der Waals surface area contributed by atoms with E-state index in [1.165, 1.54) is 11.1 Å². The lowest BCUT2D eigenvalue weighted by molar-refractivity contribution is -0.133. The molecule has 5 nitrogen and oxygen atoms in total. The van der Waals surface area contributed by atoms with Crippen molar-refractivity contribution in [3.05, 3.63) is 35.4 Å². The van der Waals surface area contributed by atoms with Gasteiger partial charge in [0.05, 0.1) is 12.6 Å². The largest absolute Gasteiger partial charge is 0.346 e. The van der Waals surface area contributed by atoms with Gasteiger partial charge in [0.1, 0.15) is 0 Å². The standard InChI is InChI=1S/C17H25N3O2.ClH/c1-11(2)16(18)17(22)19-10-15(21)20(3)14-8-12-6-4-5-7-13(12)9-14;/h4-7,11,14,16H,8-10,18H2,1-3H3,(H,19,22);1H/t16-;/m0./s1. The minimum absolute atomic E-state index is 0. The second-order valence-electron chi connectivity index (χ2n) is 6.32. The molecule has 0 fully saturated rings. The predicted octanol–water partition coefficient (Wildman–Crippen LogP) is 1.13. The molecule has 0 aliphatic heterocycles.